The van der Waals surface area contributed by atoms with Crippen LogP contribution in [0.4, 0.5) is 0 Å². The van der Waals surface area contributed by atoms with Gasteiger partial charge in [0.2, 0.25) is 0 Å². The predicted molar refractivity (Wildman–Crippen MR) is 64.4 cm³/mol. The molecule has 0 heterocycles. The van der Waals surface area contributed by atoms with Crippen LogP contribution < -0.4 is 0 Å². The van der Waals surface area contributed by atoms with Gasteiger partial charge in [0, 0.05) is 0 Å². The molecule has 1 unspecified atom stereocenters. The minimum absolute atomic E-state index is 0.0302. The van der Waals surface area contributed by atoms with Crippen LogP contribution in [-0.2, 0) is 13.6 Å². The van der Waals surface area contributed by atoms with Crippen LogP contribution in [-0.4, -0.2) is 18.9 Å². The van der Waals surface area contributed by atoms with Crippen LogP contribution >= 0.6 is 7.60 Å². The highest BCUT2D eigenvalue weighted by atomic mass is 31.2. The van der Waals surface area contributed by atoms with Crippen molar-refractivity contribution in [1.29, 1.82) is 0 Å². The second kappa shape index (κ2) is 8.09. The molecule has 0 saturated heterocycles. The monoisotopic (exact) mass is 234 g/mol. The summed E-state index contributed by atoms with van der Waals surface area (Å²) in [6, 6.07) is 0. The van der Waals surface area contributed by atoms with E-state index in [0.29, 0.717) is 13.2 Å². The van der Waals surface area contributed by atoms with Gasteiger partial charge in [0.1, 0.15) is 0 Å². The molecule has 0 aliphatic rings. The van der Waals surface area contributed by atoms with E-state index < -0.39 is 7.60 Å². The van der Waals surface area contributed by atoms with Gasteiger partial charge >= 0.3 is 7.60 Å². The normalized spacial score (nSPS) is 13.8. The summed E-state index contributed by atoms with van der Waals surface area (Å²) < 4.78 is 22.8. The summed E-state index contributed by atoms with van der Waals surface area (Å²) in [5, 5.41) is 0. The minimum Gasteiger partial charge on any atom is -0.309 e. The minimum atomic E-state index is -2.88. The Hall–Kier alpha value is -0.110. The first-order chi connectivity index (χ1) is 7.10. The van der Waals surface area contributed by atoms with E-state index in [1.165, 1.54) is 0 Å². The summed E-state index contributed by atoms with van der Waals surface area (Å²) in [6.07, 6.45) is 4.65. The fourth-order valence-electron chi connectivity index (χ4n) is 1.37. The zero-order valence-electron chi connectivity index (χ0n) is 10.1. The van der Waals surface area contributed by atoms with Crippen LogP contribution in [0.1, 0.15) is 40.0 Å². The first-order valence-electron chi connectivity index (χ1n) is 5.60. The van der Waals surface area contributed by atoms with E-state index in [0.717, 1.165) is 19.3 Å². The molecule has 0 aromatic rings. The molecule has 0 amide bonds. The van der Waals surface area contributed by atoms with E-state index in [-0.39, 0.29) is 5.66 Å². The van der Waals surface area contributed by atoms with Crippen molar-refractivity contribution < 1.29 is 13.6 Å². The van der Waals surface area contributed by atoms with E-state index in [1.54, 1.807) is 0 Å². The third-order valence-corrected chi connectivity index (χ3v) is 4.76. The van der Waals surface area contributed by atoms with Crippen LogP contribution in [0.15, 0.2) is 12.7 Å². The maximum absolute atomic E-state index is 12.2. The van der Waals surface area contributed by atoms with E-state index in [2.05, 4.69) is 6.58 Å². The molecular formula is C11H23O3P. The van der Waals surface area contributed by atoms with Gasteiger partial charge in [-0.25, -0.2) is 0 Å². The number of allylic oxidation sites excluding steroid dienone is 1. The molecule has 0 bridgehead atoms. The molecular weight excluding hydrogens is 211 g/mol. The number of hydrogen-bond donors (Lipinski definition) is 0. The Morgan fingerprint density at radius 1 is 1.33 bits per heavy atom. The second-order valence-corrected chi connectivity index (χ2v) is 5.92. The number of rotatable bonds is 9. The van der Waals surface area contributed by atoms with Crippen LogP contribution in [0.5, 0.6) is 0 Å². The number of hydrogen-bond acceptors (Lipinski definition) is 3. The van der Waals surface area contributed by atoms with Crippen molar-refractivity contribution in [2.24, 2.45) is 0 Å². The third-order valence-electron chi connectivity index (χ3n) is 2.19. The lowest BCUT2D eigenvalue weighted by Gasteiger charge is -2.23. The molecule has 1 atom stereocenters. The van der Waals surface area contributed by atoms with Gasteiger partial charge in [-0.3, -0.25) is 4.57 Å². The van der Waals surface area contributed by atoms with Gasteiger partial charge in [0.25, 0.3) is 0 Å². The largest absolute Gasteiger partial charge is 0.333 e. The van der Waals surface area contributed by atoms with Crippen molar-refractivity contribution in [3.63, 3.8) is 0 Å². The summed E-state index contributed by atoms with van der Waals surface area (Å²) in [5.74, 6) is 0. The molecule has 0 aromatic heterocycles. The molecule has 90 valence electrons. The Morgan fingerprint density at radius 3 is 2.27 bits per heavy atom. The second-order valence-electron chi connectivity index (χ2n) is 3.44. The summed E-state index contributed by atoms with van der Waals surface area (Å²) in [7, 11) is -2.88. The van der Waals surface area contributed by atoms with Gasteiger partial charge < -0.3 is 9.05 Å². The summed E-state index contributed by atoms with van der Waals surface area (Å²) in [6.45, 7) is 10.1. The molecule has 0 aromatic carbocycles. The van der Waals surface area contributed by atoms with Crippen molar-refractivity contribution in [2.45, 2.75) is 45.7 Å². The molecule has 0 fully saturated rings. The Morgan fingerprint density at radius 2 is 1.87 bits per heavy atom. The molecule has 0 saturated carbocycles. The molecule has 0 radical (unpaired) electrons. The van der Waals surface area contributed by atoms with Crippen molar-refractivity contribution >= 4 is 7.60 Å². The molecule has 0 spiro atoms. The van der Waals surface area contributed by atoms with Gasteiger partial charge in [-0.05, 0) is 33.1 Å². The SMILES string of the molecule is C=CCCCC(C)P(=O)(OCC)OCC. The van der Waals surface area contributed by atoms with Crippen molar-refractivity contribution in [1.82, 2.24) is 0 Å². The fraction of sp³-hybridized carbons (Fsp3) is 0.818. The maximum Gasteiger partial charge on any atom is 0.333 e. The maximum atomic E-state index is 12.2. The topological polar surface area (TPSA) is 35.5 Å². The van der Waals surface area contributed by atoms with Gasteiger partial charge in [-0.2, -0.15) is 0 Å². The average molecular weight is 234 g/mol. The summed E-state index contributed by atoms with van der Waals surface area (Å²) >= 11 is 0. The number of unbranched alkanes of at least 4 members (excludes halogenated alkanes) is 1. The van der Waals surface area contributed by atoms with Gasteiger partial charge in [0.05, 0.1) is 18.9 Å². The molecule has 0 aliphatic carbocycles. The lowest BCUT2D eigenvalue weighted by atomic mass is 10.2. The zero-order valence-corrected chi connectivity index (χ0v) is 11.0. The molecule has 4 heteroatoms. The third kappa shape index (κ3) is 5.50. The fourth-order valence-corrected chi connectivity index (χ4v) is 3.17. The molecule has 0 N–H and O–H groups in total. The lowest BCUT2D eigenvalue weighted by Crippen LogP contribution is -2.09. The standard InChI is InChI=1S/C11H23O3P/c1-5-8-9-10-11(4)15(12,13-6-2)14-7-3/h5,11H,1,6-10H2,2-4H3. The highest BCUT2D eigenvalue weighted by molar-refractivity contribution is 7.54. The Labute approximate surface area is 93.4 Å². The highest BCUT2D eigenvalue weighted by Crippen LogP contribution is 2.54. The Balaban J connectivity index is 4.20. The lowest BCUT2D eigenvalue weighted by molar-refractivity contribution is 0.212. The summed E-state index contributed by atoms with van der Waals surface area (Å²) in [4.78, 5) is 0. The van der Waals surface area contributed by atoms with Gasteiger partial charge in [-0.15, -0.1) is 6.58 Å². The highest BCUT2D eigenvalue weighted by Gasteiger charge is 2.30. The van der Waals surface area contributed by atoms with Crippen LogP contribution in [0.3, 0.4) is 0 Å². The Bertz CT molecular complexity index is 206. The van der Waals surface area contributed by atoms with E-state index in [1.807, 2.05) is 26.8 Å². The van der Waals surface area contributed by atoms with E-state index in [9.17, 15) is 4.57 Å². The summed E-state index contributed by atoms with van der Waals surface area (Å²) in [5.41, 5.74) is -0.0302. The van der Waals surface area contributed by atoms with E-state index in [4.69, 9.17) is 9.05 Å². The Kier molecular flexibility index (Phi) is 8.03. The van der Waals surface area contributed by atoms with Crippen molar-refractivity contribution in [3.05, 3.63) is 12.7 Å². The van der Waals surface area contributed by atoms with Crippen LogP contribution in [0, 0.1) is 0 Å². The van der Waals surface area contributed by atoms with Crippen molar-refractivity contribution in [2.75, 3.05) is 13.2 Å². The molecule has 0 aliphatic heterocycles. The van der Waals surface area contributed by atoms with Crippen LogP contribution in [0.2, 0.25) is 0 Å². The zero-order chi connectivity index (χ0) is 11.7. The van der Waals surface area contributed by atoms with E-state index >= 15 is 0 Å². The van der Waals surface area contributed by atoms with Crippen molar-refractivity contribution in [3.8, 4) is 0 Å². The molecule has 3 nitrogen and oxygen atoms in total. The first kappa shape index (κ1) is 14.9. The van der Waals surface area contributed by atoms with Gasteiger partial charge in [0.15, 0.2) is 0 Å². The predicted octanol–water partition coefficient (Wildman–Crippen LogP) is 4.00. The smallest absolute Gasteiger partial charge is 0.309 e. The van der Waals surface area contributed by atoms with Crippen LogP contribution in [0.25, 0.3) is 0 Å². The average Bonchev–Trinajstić information content (AvgIpc) is 2.18. The molecule has 0 rings (SSSR count). The quantitative estimate of drug-likeness (QED) is 0.343. The molecule has 15 heavy (non-hydrogen) atoms. The van der Waals surface area contributed by atoms with Gasteiger partial charge in [-0.1, -0.05) is 13.0 Å². The first-order valence-corrected chi connectivity index (χ1v) is 7.21.